The molecule has 0 fully saturated rings. The predicted octanol–water partition coefficient (Wildman–Crippen LogP) is 8.78. The van der Waals surface area contributed by atoms with Gasteiger partial charge >= 0.3 is 0 Å². The molecular formula is C27H20Cl3NO3. The van der Waals surface area contributed by atoms with Crippen molar-refractivity contribution in [3.05, 3.63) is 111 Å². The number of halogens is 3. The average molecular weight is 513 g/mol. The predicted molar refractivity (Wildman–Crippen MR) is 139 cm³/mol. The van der Waals surface area contributed by atoms with E-state index in [2.05, 4.69) is 4.99 Å². The summed E-state index contributed by atoms with van der Waals surface area (Å²) in [7, 11) is 1.56. The summed E-state index contributed by atoms with van der Waals surface area (Å²) in [4.78, 5) is 4.52. The Morgan fingerprint density at radius 2 is 1.53 bits per heavy atom. The van der Waals surface area contributed by atoms with E-state index >= 15 is 0 Å². The number of methoxy groups -OCH3 is 1. The van der Waals surface area contributed by atoms with Gasteiger partial charge in [0.05, 0.1) is 17.8 Å². The van der Waals surface area contributed by atoms with Crippen molar-refractivity contribution in [3.63, 3.8) is 0 Å². The van der Waals surface area contributed by atoms with E-state index in [1.807, 2.05) is 60.7 Å². The summed E-state index contributed by atoms with van der Waals surface area (Å²) >= 11 is 18.7. The van der Waals surface area contributed by atoms with Crippen LogP contribution < -0.4 is 14.2 Å². The lowest BCUT2D eigenvalue weighted by molar-refractivity contribution is 0.285. The van der Waals surface area contributed by atoms with E-state index < -0.39 is 0 Å². The number of ether oxygens (including phenoxy) is 3. The van der Waals surface area contributed by atoms with Crippen molar-refractivity contribution < 1.29 is 14.2 Å². The second kappa shape index (κ2) is 11.3. The number of para-hydroxylation sites is 1. The third kappa shape index (κ3) is 6.23. The van der Waals surface area contributed by atoms with Crippen LogP contribution in [0.5, 0.6) is 23.0 Å². The van der Waals surface area contributed by atoms with Gasteiger partial charge in [-0.25, -0.2) is 0 Å². The Bertz CT molecular complexity index is 1290. The highest BCUT2D eigenvalue weighted by Crippen LogP contribution is 2.37. The van der Waals surface area contributed by atoms with E-state index in [0.717, 1.165) is 28.3 Å². The van der Waals surface area contributed by atoms with Gasteiger partial charge in [-0.1, -0.05) is 59.1 Å². The number of hydrogen-bond acceptors (Lipinski definition) is 4. The van der Waals surface area contributed by atoms with Crippen molar-refractivity contribution in [2.24, 2.45) is 4.99 Å². The van der Waals surface area contributed by atoms with Crippen molar-refractivity contribution in [1.82, 2.24) is 0 Å². The molecule has 0 atom stereocenters. The molecule has 0 unspecified atom stereocenters. The second-order valence-corrected chi connectivity index (χ2v) is 8.48. The van der Waals surface area contributed by atoms with Gasteiger partial charge in [0.1, 0.15) is 18.1 Å². The van der Waals surface area contributed by atoms with Gasteiger partial charge in [0.25, 0.3) is 0 Å². The maximum absolute atomic E-state index is 6.49. The van der Waals surface area contributed by atoms with E-state index in [9.17, 15) is 0 Å². The van der Waals surface area contributed by atoms with Crippen LogP contribution in [-0.2, 0) is 6.61 Å². The van der Waals surface area contributed by atoms with Gasteiger partial charge in [-0.15, -0.1) is 0 Å². The minimum atomic E-state index is 0.219. The highest BCUT2D eigenvalue weighted by Gasteiger charge is 2.13. The Balaban J connectivity index is 1.45. The van der Waals surface area contributed by atoms with E-state index in [4.69, 9.17) is 49.0 Å². The maximum Gasteiger partial charge on any atom is 0.180 e. The highest BCUT2D eigenvalue weighted by molar-refractivity contribution is 6.35. The Hall–Kier alpha value is -3.18. The molecule has 0 heterocycles. The van der Waals surface area contributed by atoms with Gasteiger partial charge in [-0.2, -0.15) is 0 Å². The molecule has 0 amide bonds. The smallest absolute Gasteiger partial charge is 0.180 e. The van der Waals surface area contributed by atoms with E-state index in [0.29, 0.717) is 26.6 Å². The minimum absolute atomic E-state index is 0.219. The molecule has 0 saturated carbocycles. The molecule has 0 aliphatic heterocycles. The molecule has 0 N–H and O–H groups in total. The summed E-state index contributed by atoms with van der Waals surface area (Å²) < 4.78 is 17.2. The van der Waals surface area contributed by atoms with E-state index in [1.54, 1.807) is 37.6 Å². The van der Waals surface area contributed by atoms with Crippen molar-refractivity contribution in [1.29, 1.82) is 0 Å². The Morgan fingerprint density at radius 1 is 0.794 bits per heavy atom. The van der Waals surface area contributed by atoms with Crippen molar-refractivity contribution in [3.8, 4) is 23.0 Å². The van der Waals surface area contributed by atoms with E-state index in [-0.39, 0.29) is 6.61 Å². The van der Waals surface area contributed by atoms with Crippen LogP contribution in [0.25, 0.3) is 0 Å². The number of benzene rings is 4. The molecule has 0 aliphatic carbocycles. The van der Waals surface area contributed by atoms with Crippen LogP contribution in [0.3, 0.4) is 0 Å². The number of rotatable bonds is 8. The van der Waals surface area contributed by atoms with Crippen LogP contribution in [0.2, 0.25) is 15.1 Å². The number of nitrogens with zero attached hydrogens (tertiary/aromatic N) is 1. The Morgan fingerprint density at radius 3 is 2.24 bits per heavy atom. The molecule has 4 aromatic carbocycles. The molecule has 0 aliphatic rings. The third-order valence-corrected chi connectivity index (χ3v) is 5.68. The summed E-state index contributed by atoms with van der Waals surface area (Å²) in [6.45, 7) is 0.219. The highest BCUT2D eigenvalue weighted by atomic mass is 35.5. The zero-order chi connectivity index (χ0) is 23.9. The minimum Gasteiger partial charge on any atom is -0.493 e. The lowest BCUT2D eigenvalue weighted by atomic mass is 10.2. The maximum atomic E-state index is 6.49. The van der Waals surface area contributed by atoms with Crippen LogP contribution in [0.4, 0.5) is 5.69 Å². The molecule has 4 rings (SSSR count). The first-order valence-corrected chi connectivity index (χ1v) is 11.5. The van der Waals surface area contributed by atoms with Crippen LogP contribution in [-0.4, -0.2) is 13.3 Å². The zero-order valence-electron chi connectivity index (χ0n) is 18.2. The first-order chi connectivity index (χ1) is 16.5. The molecule has 0 saturated heterocycles. The number of hydrogen-bond donors (Lipinski definition) is 0. The fourth-order valence-electron chi connectivity index (χ4n) is 3.12. The first kappa shape index (κ1) is 24.0. The largest absolute Gasteiger partial charge is 0.493 e. The molecule has 0 spiro atoms. The van der Waals surface area contributed by atoms with Gasteiger partial charge in [0.15, 0.2) is 11.5 Å². The Labute approximate surface area is 213 Å². The monoisotopic (exact) mass is 511 g/mol. The van der Waals surface area contributed by atoms with Crippen LogP contribution in [0.15, 0.2) is 89.9 Å². The quantitative estimate of drug-likeness (QED) is 0.221. The van der Waals surface area contributed by atoms with Crippen molar-refractivity contribution in [2.75, 3.05) is 7.11 Å². The topological polar surface area (TPSA) is 40.0 Å². The van der Waals surface area contributed by atoms with Crippen LogP contribution >= 0.6 is 34.8 Å². The fraction of sp³-hybridized carbons (Fsp3) is 0.0741. The lowest BCUT2D eigenvalue weighted by Crippen LogP contribution is -2.00. The molecule has 7 heteroatoms. The summed E-state index contributed by atoms with van der Waals surface area (Å²) in [6, 6.07) is 25.9. The van der Waals surface area contributed by atoms with Gasteiger partial charge in [-0.3, -0.25) is 4.99 Å². The molecule has 4 nitrogen and oxygen atoms in total. The van der Waals surface area contributed by atoms with Crippen LogP contribution in [0.1, 0.15) is 11.1 Å². The summed E-state index contributed by atoms with van der Waals surface area (Å²) in [5.41, 5.74) is 2.33. The molecule has 0 aromatic heterocycles. The normalized spacial score (nSPS) is 10.9. The lowest BCUT2D eigenvalue weighted by Gasteiger charge is -2.14. The molecule has 34 heavy (non-hydrogen) atoms. The van der Waals surface area contributed by atoms with Crippen LogP contribution in [0, 0.1) is 0 Å². The second-order valence-electron chi connectivity index (χ2n) is 7.23. The van der Waals surface area contributed by atoms with Crippen molar-refractivity contribution >= 4 is 46.7 Å². The summed E-state index contributed by atoms with van der Waals surface area (Å²) in [6.07, 6.45) is 1.71. The standard InChI is InChI=1S/C27H20Cl3NO3/c1-32-26-14-18(13-25(30)27(26)33-17-19-7-8-20(28)15-24(19)29)16-31-21-9-11-23(12-10-21)34-22-5-3-2-4-6-22/h2-16H,17H2,1H3. The van der Waals surface area contributed by atoms with Gasteiger partial charge < -0.3 is 14.2 Å². The molecular weight excluding hydrogens is 493 g/mol. The molecule has 0 bridgehead atoms. The Kier molecular flexibility index (Phi) is 7.96. The summed E-state index contributed by atoms with van der Waals surface area (Å²) in [5.74, 6) is 2.43. The van der Waals surface area contributed by atoms with Gasteiger partial charge in [0.2, 0.25) is 0 Å². The fourth-order valence-corrected chi connectivity index (χ4v) is 3.85. The SMILES string of the molecule is COc1cc(C=Nc2ccc(Oc3ccccc3)cc2)cc(Cl)c1OCc1ccc(Cl)cc1Cl. The zero-order valence-corrected chi connectivity index (χ0v) is 20.4. The number of aliphatic imine (C=N–C) groups is 1. The average Bonchev–Trinajstić information content (AvgIpc) is 2.84. The first-order valence-electron chi connectivity index (χ1n) is 10.3. The summed E-state index contributed by atoms with van der Waals surface area (Å²) in [5, 5.41) is 1.48. The molecule has 4 aromatic rings. The molecule has 0 radical (unpaired) electrons. The third-order valence-electron chi connectivity index (χ3n) is 4.82. The van der Waals surface area contributed by atoms with Crippen molar-refractivity contribution in [2.45, 2.75) is 6.61 Å². The van der Waals surface area contributed by atoms with Gasteiger partial charge in [0, 0.05) is 21.8 Å². The molecule has 172 valence electrons. The van der Waals surface area contributed by atoms with Gasteiger partial charge in [-0.05, 0) is 66.2 Å². The van der Waals surface area contributed by atoms with E-state index in [1.165, 1.54) is 0 Å².